The molecule has 0 unspecified atom stereocenters. The molecule has 0 nitrogen and oxygen atoms in total. The van der Waals surface area contributed by atoms with Gasteiger partial charge < -0.3 is 0 Å². The van der Waals surface area contributed by atoms with Gasteiger partial charge in [0, 0.05) is 0 Å². The Bertz CT molecular complexity index is 115. The SMILES string of the molecule is C1=C\C=C/[Te]C\C=C/1. The van der Waals surface area contributed by atoms with E-state index in [1.54, 1.807) is 0 Å². The average Bonchev–Trinajstić information content (AvgIpc) is 1.62. The number of hydrogen-bond donors (Lipinski definition) is 0. The summed E-state index contributed by atoms with van der Waals surface area (Å²) >= 11 is 0.200. The van der Waals surface area contributed by atoms with Gasteiger partial charge in [0.15, 0.2) is 0 Å². The van der Waals surface area contributed by atoms with Crippen molar-refractivity contribution in [2.75, 3.05) is 0 Å². The summed E-state index contributed by atoms with van der Waals surface area (Å²) in [5.41, 5.74) is 0. The van der Waals surface area contributed by atoms with Crippen molar-refractivity contribution in [1.29, 1.82) is 0 Å². The van der Waals surface area contributed by atoms with E-state index in [0.29, 0.717) is 0 Å². The van der Waals surface area contributed by atoms with Gasteiger partial charge in [-0.1, -0.05) is 0 Å². The Hall–Kier alpha value is 0.00961. The standard InChI is InChI=1S/C7H8Te/c1-2-4-6-8-7-5-3-1/h1-6H,7H2/b2-1-,5-3-,6-4-. The Kier molecular flexibility index (Phi) is 3.03. The summed E-state index contributed by atoms with van der Waals surface area (Å²) < 4.78 is 3.62. The molecule has 0 N–H and O–H groups in total. The molecule has 1 heteroatoms. The molecule has 42 valence electrons. The topological polar surface area (TPSA) is 0 Å². The summed E-state index contributed by atoms with van der Waals surface area (Å²) in [6.07, 6.45) is 10.7. The van der Waals surface area contributed by atoms with Gasteiger partial charge in [-0.2, -0.15) is 0 Å². The van der Waals surface area contributed by atoms with Crippen molar-refractivity contribution in [3.63, 3.8) is 0 Å². The summed E-state index contributed by atoms with van der Waals surface area (Å²) in [4.78, 5) is 0. The number of hydrogen-bond acceptors (Lipinski definition) is 0. The zero-order chi connectivity index (χ0) is 5.66. The quantitative estimate of drug-likeness (QED) is 0.545. The zero-order valence-electron chi connectivity index (χ0n) is 4.58. The molecule has 0 aromatic carbocycles. The molecule has 1 aliphatic heterocycles. The van der Waals surface area contributed by atoms with Crippen LogP contribution in [0.3, 0.4) is 0 Å². The molecule has 0 fully saturated rings. The van der Waals surface area contributed by atoms with E-state index >= 15 is 0 Å². The Morgan fingerprint density at radius 3 is 2.88 bits per heavy atom. The molecule has 0 saturated carbocycles. The van der Waals surface area contributed by atoms with Gasteiger partial charge in [-0.25, -0.2) is 0 Å². The third-order valence-corrected chi connectivity index (χ3v) is 2.93. The average molecular weight is 220 g/mol. The summed E-state index contributed by atoms with van der Waals surface area (Å²) in [6, 6.07) is 0. The first-order valence-corrected chi connectivity index (χ1v) is 5.59. The minimum atomic E-state index is 0.200. The summed E-state index contributed by atoms with van der Waals surface area (Å²) in [7, 11) is 0. The van der Waals surface area contributed by atoms with Crippen molar-refractivity contribution in [2.24, 2.45) is 0 Å². The molecule has 0 radical (unpaired) electrons. The van der Waals surface area contributed by atoms with Crippen LogP contribution in [-0.4, -0.2) is 20.9 Å². The molecule has 0 saturated heterocycles. The van der Waals surface area contributed by atoms with Crippen molar-refractivity contribution in [3.05, 3.63) is 34.5 Å². The van der Waals surface area contributed by atoms with Crippen LogP contribution in [0.25, 0.3) is 0 Å². The molecule has 1 aliphatic rings. The van der Waals surface area contributed by atoms with Crippen LogP contribution in [0.1, 0.15) is 0 Å². The molecule has 0 aliphatic carbocycles. The van der Waals surface area contributed by atoms with Crippen LogP contribution >= 0.6 is 0 Å². The van der Waals surface area contributed by atoms with Gasteiger partial charge in [0.1, 0.15) is 0 Å². The van der Waals surface area contributed by atoms with Crippen LogP contribution in [0.2, 0.25) is 4.47 Å². The van der Waals surface area contributed by atoms with E-state index in [2.05, 4.69) is 34.5 Å². The van der Waals surface area contributed by atoms with E-state index in [-0.39, 0.29) is 20.9 Å². The Morgan fingerprint density at radius 1 is 1.00 bits per heavy atom. The van der Waals surface area contributed by atoms with Gasteiger partial charge in [0.2, 0.25) is 0 Å². The maximum atomic E-state index is 2.31. The van der Waals surface area contributed by atoms with Crippen LogP contribution in [0.15, 0.2) is 34.5 Å². The van der Waals surface area contributed by atoms with Crippen LogP contribution < -0.4 is 0 Å². The summed E-state index contributed by atoms with van der Waals surface area (Å²) in [5, 5.41) is 0. The summed E-state index contributed by atoms with van der Waals surface area (Å²) in [6.45, 7) is 0. The van der Waals surface area contributed by atoms with E-state index in [4.69, 9.17) is 0 Å². The van der Waals surface area contributed by atoms with Crippen LogP contribution in [-0.2, 0) is 0 Å². The second kappa shape index (κ2) is 3.95. The van der Waals surface area contributed by atoms with Crippen molar-refractivity contribution in [3.8, 4) is 0 Å². The predicted octanol–water partition coefficient (Wildman–Crippen LogP) is 1.75. The van der Waals surface area contributed by atoms with Gasteiger partial charge in [-0.15, -0.1) is 0 Å². The van der Waals surface area contributed by atoms with Crippen molar-refractivity contribution in [1.82, 2.24) is 0 Å². The van der Waals surface area contributed by atoms with E-state index in [9.17, 15) is 0 Å². The normalized spacial score (nSPS) is 30.0. The van der Waals surface area contributed by atoms with E-state index in [0.717, 1.165) is 0 Å². The van der Waals surface area contributed by atoms with Crippen molar-refractivity contribution >= 4 is 20.9 Å². The van der Waals surface area contributed by atoms with E-state index in [1.807, 2.05) is 0 Å². The molecular formula is C7H8Te. The first kappa shape index (κ1) is 6.13. The minimum absolute atomic E-state index is 0.200. The fourth-order valence-electron chi connectivity index (χ4n) is 0.474. The zero-order valence-corrected chi connectivity index (χ0v) is 6.91. The van der Waals surface area contributed by atoms with Crippen LogP contribution in [0.5, 0.6) is 0 Å². The second-order valence-corrected chi connectivity index (χ2v) is 4.15. The number of allylic oxidation sites excluding steroid dienone is 5. The van der Waals surface area contributed by atoms with Crippen LogP contribution in [0.4, 0.5) is 0 Å². The molecule has 0 amide bonds. The fraction of sp³-hybridized carbons (Fsp3) is 0.143. The summed E-state index contributed by atoms with van der Waals surface area (Å²) in [5.74, 6) is 0. The van der Waals surface area contributed by atoms with Gasteiger partial charge in [-0.05, 0) is 0 Å². The Balaban J connectivity index is 2.51. The molecular weight excluding hydrogens is 212 g/mol. The molecule has 0 aromatic rings. The predicted molar refractivity (Wildman–Crippen MR) is 38.0 cm³/mol. The van der Waals surface area contributed by atoms with Crippen molar-refractivity contribution in [2.45, 2.75) is 4.47 Å². The third kappa shape index (κ3) is 2.35. The molecule has 0 atom stereocenters. The molecule has 0 bridgehead atoms. The molecule has 1 rings (SSSR count). The van der Waals surface area contributed by atoms with E-state index < -0.39 is 0 Å². The van der Waals surface area contributed by atoms with Gasteiger partial charge in [0.25, 0.3) is 0 Å². The Morgan fingerprint density at radius 2 is 1.88 bits per heavy atom. The first-order chi connectivity index (χ1) is 4.00. The molecule has 0 aromatic heterocycles. The fourth-order valence-corrected chi connectivity index (χ4v) is 2.00. The van der Waals surface area contributed by atoms with Gasteiger partial charge in [0.05, 0.1) is 0 Å². The molecule has 0 spiro atoms. The molecule has 8 heavy (non-hydrogen) atoms. The third-order valence-electron chi connectivity index (χ3n) is 0.837. The van der Waals surface area contributed by atoms with E-state index in [1.165, 1.54) is 4.47 Å². The van der Waals surface area contributed by atoms with Gasteiger partial charge >= 0.3 is 59.9 Å². The van der Waals surface area contributed by atoms with Crippen molar-refractivity contribution < 1.29 is 0 Å². The van der Waals surface area contributed by atoms with Gasteiger partial charge in [-0.3, -0.25) is 0 Å². The Labute approximate surface area is 60.1 Å². The number of rotatable bonds is 0. The first-order valence-electron chi connectivity index (χ1n) is 2.60. The monoisotopic (exact) mass is 222 g/mol. The second-order valence-electron chi connectivity index (χ2n) is 1.47. The molecule has 1 heterocycles. The van der Waals surface area contributed by atoms with Crippen LogP contribution in [0, 0.1) is 0 Å². The maximum absolute atomic E-state index is 2.31.